The highest BCUT2D eigenvalue weighted by Crippen LogP contribution is 2.36. The fourth-order valence-corrected chi connectivity index (χ4v) is 5.32. The van der Waals surface area contributed by atoms with E-state index >= 15 is 0 Å². The van der Waals surface area contributed by atoms with Crippen LogP contribution in [0.25, 0.3) is 21.9 Å². The third-order valence-corrected chi connectivity index (χ3v) is 7.64. The monoisotopic (exact) mass is 534 g/mol. The molecule has 3 aromatic carbocycles. The molecule has 37 heavy (non-hydrogen) atoms. The molecule has 0 radical (unpaired) electrons. The summed E-state index contributed by atoms with van der Waals surface area (Å²) in [5.41, 5.74) is 0.283. The lowest BCUT2D eigenvalue weighted by molar-refractivity contribution is -0.137. The van der Waals surface area contributed by atoms with Gasteiger partial charge in [-0.25, -0.2) is 8.42 Å². The Labute approximate surface area is 211 Å². The predicted octanol–water partition coefficient (Wildman–Crippen LogP) is 5.95. The second-order valence-corrected chi connectivity index (χ2v) is 10.4. The lowest BCUT2D eigenvalue weighted by atomic mass is 9.99. The maximum atomic E-state index is 13.3. The Morgan fingerprint density at radius 1 is 1.03 bits per heavy atom. The number of hydrogen-bond donors (Lipinski definition) is 2. The first-order valence-electron chi connectivity index (χ1n) is 11.4. The number of amides is 1. The van der Waals surface area contributed by atoms with Crippen molar-refractivity contribution in [1.82, 2.24) is 4.72 Å². The van der Waals surface area contributed by atoms with Crippen LogP contribution in [0.1, 0.15) is 25.8 Å². The Hall–Kier alpha value is -3.57. The van der Waals surface area contributed by atoms with Gasteiger partial charge in [0.05, 0.1) is 23.3 Å². The summed E-state index contributed by atoms with van der Waals surface area (Å²) in [5.74, 6) is -0.851. The van der Waals surface area contributed by atoms with Gasteiger partial charge in [-0.1, -0.05) is 44.5 Å². The van der Waals surface area contributed by atoms with Gasteiger partial charge < -0.3 is 14.5 Å². The molecular weight excluding hydrogens is 509 g/mol. The molecular formula is C26H25F3N2O5S. The standard InChI is InChI=1S/C26H25F3N2O5S/c1-4-15(2)24(31-37(33,34)17-9-7-8-16(12-17)26(27,28)29)25(32)30-20-14-22-19(13-23(20)35-3)18-10-5-6-11-21(18)36-22/h5-15,24,31H,4H2,1-3H3,(H,30,32)/t15-,24-/m1/s1. The summed E-state index contributed by atoms with van der Waals surface area (Å²) in [6, 6.07) is 12.8. The van der Waals surface area contributed by atoms with Crippen molar-refractivity contribution in [1.29, 1.82) is 0 Å². The van der Waals surface area contributed by atoms with Crippen molar-refractivity contribution in [2.45, 2.75) is 37.4 Å². The molecule has 0 saturated heterocycles. The second-order valence-electron chi connectivity index (χ2n) is 8.65. The molecule has 4 aromatic rings. The van der Waals surface area contributed by atoms with Gasteiger partial charge in [0.25, 0.3) is 0 Å². The first kappa shape index (κ1) is 26.5. The number of sulfonamides is 1. The minimum atomic E-state index is -4.72. The maximum Gasteiger partial charge on any atom is 0.416 e. The first-order chi connectivity index (χ1) is 17.4. The van der Waals surface area contributed by atoms with E-state index in [4.69, 9.17) is 9.15 Å². The summed E-state index contributed by atoms with van der Waals surface area (Å²) < 4.78 is 79.0. The number of rotatable bonds is 8. The van der Waals surface area contributed by atoms with Crippen molar-refractivity contribution in [3.05, 3.63) is 66.2 Å². The number of furan rings is 1. The normalized spacial score (nSPS) is 14.0. The SMILES string of the molecule is CC[C@@H](C)[C@@H](NS(=O)(=O)c1cccc(C(F)(F)F)c1)C(=O)Nc1cc2oc3ccccc3c2cc1OC. The second kappa shape index (κ2) is 10.1. The number of benzene rings is 3. The highest BCUT2D eigenvalue weighted by atomic mass is 32.2. The zero-order chi connectivity index (χ0) is 27.0. The van der Waals surface area contributed by atoms with E-state index in [1.54, 1.807) is 26.0 Å². The highest BCUT2D eigenvalue weighted by molar-refractivity contribution is 7.89. The minimum Gasteiger partial charge on any atom is -0.495 e. The Balaban J connectivity index is 1.66. The Kier molecular flexibility index (Phi) is 7.20. The topological polar surface area (TPSA) is 97.6 Å². The van der Waals surface area contributed by atoms with Gasteiger partial charge in [0.15, 0.2) is 0 Å². The van der Waals surface area contributed by atoms with Gasteiger partial charge in [-0.15, -0.1) is 0 Å². The maximum absolute atomic E-state index is 13.3. The molecule has 1 aromatic heterocycles. The van der Waals surface area contributed by atoms with Gasteiger partial charge in [-0.3, -0.25) is 4.79 Å². The molecule has 0 bridgehead atoms. The van der Waals surface area contributed by atoms with Crippen molar-refractivity contribution >= 4 is 43.6 Å². The number of carbonyl (C=O) groups is 1. The van der Waals surface area contributed by atoms with E-state index in [9.17, 15) is 26.4 Å². The lowest BCUT2D eigenvalue weighted by Gasteiger charge is -2.24. The number of alkyl halides is 3. The molecule has 0 fully saturated rings. The van der Waals surface area contributed by atoms with Crippen LogP contribution in [0.15, 0.2) is 70.0 Å². The summed E-state index contributed by atoms with van der Waals surface area (Å²) in [6.45, 7) is 3.43. The van der Waals surface area contributed by atoms with Gasteiger partial charge in [0.2, 0.25) is 15.9 Å². The summed E-state index contributed by atoms with van der Waals surface area (Å²) in [7, 11) is -3.03. The van der Waals surface area contributed by atoms with Crippen molar-refractivity contribution in [3.63, 3.8) is 0 Å². The average Bonchev–Trinajstić information content (AvgIpc) is 3.23. The van der Waals surface area contributed by atoms with Crippen LogP contribution in [0.4, 0.5) is 18.9 Å². The molecule has 4 rings (SSSR count). The number of ether oxygens (including phenoxy) is 1. The van der Waals surface area contributed by atoms with Crippen LogP contribution in [0.5, 0.6) is 5.75 Å². The van der Waals surface area contributed by atoms with Crippen molar-refractivity contribution in [3.8, 4) is 5.75 Å². The summed E-state index contributed by atoms with van der Waals surface area (Å²) in [5, 5.41) is 4.33. The Morgan fingerprint density at radius 2 is 1.76 bits per heavy atom. The molecule has 1 amide bonds. The highest BCUT2D eigenvalue weighted by Gasteiger charge is 2.34. The van der Waals surface area contributed by atoms with Crippen molar-refractivity contribution < 1.29 is 35.5 Å². The van der Waals surface area contributed by atoms with Gasteiger partial charge in [-0.2, -0.15) is 17.9 Å². The molecule has 0 aliphatic rings. The van der Waals surface area contributed by atoms with E-state index in [1.807, 2.05) is 24.3 Å². The van der Waals surface area contributed by atoms with E-state index in [0.717, 1.165) is 29.0 Å². The van der Waals surface area contributed by atoms with Crippen LogP contribution in [0.3, 0.4) is 0 Å². The van der Waals surface area contributed by atoms with E-state index in [2.05, 4.69) is 10.0 Å². The molecule has 2 N–H and O–H groups in total. The first-order valence-corrected chi connectivity index (χ1v) is 12.9. The lowest BCUT2D eigenvalue weighted by Crippen LogP contribution is -2.47. The van der Waals surface area contributed by atoms with E-state index in [0.29, 0.717) is 29.4 Å². The number of para-hydroxylation sites is 1. The molecule has 7 nitrogen and oxygen atoms in total. The smallest absolute Gasteiger partial charge is 0.416 e. The van der Waals surface area contributed by atoms with E-state index in [-0.39, 0.29) is 5.69 Å². The molecule has 0 aliphatic heterocycles. The molecule has 0 unspecified atom stereocenters. The third-order valence-electron chi connectivity index (χ3n) is 6.21. The number of methoxy groups -OCH3 is 1. The molecule has 0 aliphatic carbocycles. The van der Waals surface area contributed by atoms with Gasteiger partial charge >= 0.3 is 6.18 Å². The molecule has 1 heterocycles. The largest absolute Gasteiger partial charge is 0.495 e. The molecule has 196 valence electrons. The molecule has 0 spiro atoms. The summed E-state index contributed by atoms with van der Waals surface area (Å²) >= 11 is 0. The number of halogens is 3. The van der Waals surface area contributed by atoms with Crippen LogP contribution < -0.4 is 14.8 Å². The van der Waals surface area contributed by atoms with Crippen molar-refractivity contribution in [2.24, 2.45) is 5.92 Å². The molecule has 2 atom stereocenters. The number of anilines is 1. The number of fused-ring (bicyclic) bond motifs is 3. The van der Waals surface area contributed by atoms with Gasteiger partial charge in [0.1, 0.15) is 23.0 Å². The van der Waals surface area contributed by atoms with Crippen LogP contribution in [0.2, 0.25) is 0 Å². The molecule has 0 saturated carbocycles. The van der Waals surface area contributed by atoms with Crippen LogP contribution in [-0.4, -0.2) is 27.5 Å². The van der Waals surface area contributed by atoms with Gasteiger partial charge in [0, 0.05) is 16.8 Å². The van der Waals surface area contributed by atoms with Crippen LogP contribution in [0, 0.1) is 5.92 Å². The summed E-state index contributed by atoms with van der Waals surface area (Å²) in [6.07, 6.45) is -4.30. The zero-order valence-electron chi connectivity index (χ0n) is 20.2. The fourth-order valence-electron chi connectivity index (χ4n) is 3.97. The summed E-state index contributed by atoms with van der Waals surface area (Å²) in [4.78, 5) is 12.7. The van der Waals surface area contributed by atoms with Crippen LogP contribution in [-0.2, 0) is 21.0 Å². The zero-order valence-corrected chi connectivity index (χ0v) is 21.0. The minimum absolute atomic E-state index is 0.255. The molecule has 11 heteroatoms. The Bertz CT molecular complexity index is 1560. The van der Waals surface area contributed by atoms with E-state index < -0.39 is 44.5 Å². The number of carbonyl (C=O) groups excluding carboxylic acids is 1. The van der Waals surface area contributed by atoms with E-state index in [1.165, 1.54) is 7.11 Å². The third kappa shape index (κ3) is 5.42. The predicted molar refractivity (Wildman–Crippen MR) is 134 cm³/mol. The fraction of sp³-hybridized carbons (Fsp3) is 0.269. The van der Waals surface area contributed by atoms with Gasteiger partial charge in [-0.05, 0) is 36.2 Å². The quantitative estimate of drug-likeness (QED) is 0.291. The number of hydrogen-bond acceptors (Lipinski definition) is 5. The van der Waals surface area contributed by atoms with Crippen LogP contribution >= 0.6 is 0 Å². The average molecular weight is 535 g/mol. The van der Waals surface area contributed by atoms with Crippen molar-refractivity contribution in [2.75, 3.05) is 12.4 Å². The Morgan fingerprint density at radius 3 is 2.43 bits per heavy atom. The number of nitrogens with one attached hydrogen (secondary N) is 2.